The first-order valence-electron chi connectivity index (χ1n) is 6.45. The highest BCUT2D eigenvalue weighted by Crippen LogP contribution is 2.25. The molecule has 1 amide bonds. The molecule has 0 aliphatic rings. The third-order valence-corrected chi connectivity index (χ3v) is 3.36. The van der Waals surface area contributed by atoms with Gasteiger partial charge in [-0.25, -0.2) is 14.8 Å². The van der Waals surface area contributed by atoms with Gasteiger partial charge in [0.05, 0.1) is 27.6 Å². The number of rotatable bonds is 4. The molecule has 0 fully saturated rings. The van der Waals surface area contributed by atoms with Gasteiger partial charge in [-0.2, -0.15) is 0 Å². The van der Waals surface area contributed by atoms with Crippen LogP contribution >= 0.6 is 23.2 Å². The van der Waals surface area contributed by atoms with Crippen molar-refractivity contribution in [2.75, 3.05) is 11.9 Å². The number of carbonyl (C=O) groups excluding carboxylic acids is 2. The van der Waals surface area contributed by atoms with Crippen molar-refractivity contribution < 1.29 is 14.3 Å². The van der Waals surface area contributed by atoms with E-state index < -0.39 is 18.5 Å². The van der Waals surface area contributed by atoms with E-state index in [1.54, 1.807) is 13.8 Å². The van der Waals surface area contributed by atoms with E-state index in [-0.39, 0.29) is 16.5 Å². The standard InChI is InChI=1S/C14H12Cl2N4O3/c1-7-4-18-11(5-17-7)14(22)23-6-12(21)20-13-10(16)3-9(15)8(2)19-13/h3-5H,6H2,1-2H3,(H,19,20,21). The summed E-state index contributed by atoms with van der Waals surface area (Å²) in [6.07, 6.45) is 2.70. The molecule has 0 saturated carbocycles. The van der Waals surface area contributed by atoms with E-state index in [1.165, 1.54) is 18.5 Å². The average molecular weight is 355 g/mol. The molecule has 2 heterocycles. The van der Waals surface area contributed by atoms with Crippen molar-refractivity contribution in [3.63, 3.8) is 0 Å². The van der Waals surface area contributed by atoms with Crippen molar-refractivity contribution in [1.29, 1.82) is 0 Å². The molecule has 0 saturated heterocycles. The summed E-state index contributed by atoms with van der Waals surface area (Å²) in [5, 5.41) is 3.01. The third kappa shape index (κ3) is 4.61. The number of ether oxygens (including phenoxy) is 1. The molecule has 120 valence electrons. The number of halogens is 2. The average Bonchev–Trinajstić information content (AvgIpc) is 2.51. The highest BCUT2D eigenvalue weighted by Gasteiger charge is 2.14. The summed E-state index contributed by atoms with van der Waals surface area (Å²) in [4.78, 5) is 35.3. The summed E-state index contributed by atoms with van der Waals surface area (Å²) in [7, 11) is 0. The maximum Gasteiger partial charge on any atom is 0.359 e. The summed E-state index contributed by atoms with van der Waals surface area (Å²) >= 11 is 11.8. The molecule has 0 aliphatic heterocycles. The number of hydrogen-bond donors (Lipinski definition) is 1. The molecule has 0 unspecified atom stereocenters. The summed E-state index contributed by atoms with van der Waals surface area (Å²) in [6.45, 7) is 2.90. The van der Waals surface area contributed by atoms with Crippen molar-refractivity contribution in [3.8, 4) is 0 Å². The minimum Gasteiger partial charge on any atom is -0.451 e. The topological polar surface area (TPSA) is 94.1 Å². The number of pyridine rings is 1. The summed E-state index contributed by atoms with van der Waals surface area (Å²) in [5.41, 5.74) is 1.19. The van der Waals surface area contributed by atoms with Gasteiger partial charge in [0.1, 0.15) is 0 Å². The molecule has 9 heteroatoms. The maximum absolute atomic E-state index is 11.8. The summed E-state index contributed by atoms with van der Waals surface area (Å²) in [5.74, 6) is -1.20. The number of hydrogen-bond acceptors (Lipinski definition) is 6. The molecule has 23 heavy (non-hydrogen) atoms. The van der Waals surface area contributed by atoms with Crippen LogP contribution in [-0.4, -0.2) is 33.4 Å². The first-order valence-corrected chi connectivity index (χ1v) is 7.20. The Morgan fingerprint density at radius 3 is 2.57 bits per heavy atom. The minimum atomic E-state index is -0.751. The van der Waals surface area contributed by atoms with E-state index >= 15 is 0 Å². The number of amides is 1. The van der Waals surface area contributed by atoms with Gasteiger partial charge < -0.3 is 10.1 Å². The van der Waals surface area contributed by atoms with Crippen LogP contribution in [0.15, 0.2) is 18.5 Å². The lowest BCUT2D eigenvalue weighted by Crippen LogP contribution is -2.22. The van der Waals surface area contributed by atoms with Crippen LogP contribution < -0.4 is 5.32 Å². The molecule has 0 aromatic carbocycles. The number of anilines is 1. The maximum atomic E-state index is 11.8. The van der Waals surface area contributed by atoms with Crippen LogP contribution in [0.5, 0.6) is 0 Å². The first-order chi connectivity index (χ1) is 10.9. The Labute approximate surface area is 142 Å². The van der Waals surface area contributed by atoms with Crippen LogP contribution in [0.2, 0.25) is 10.0 Å². The second kappa shape index (κ2) is 7.34. The van der Waals surface area contributed by atoms with E-state index in [0.29, 0.717) is 16.4 Å². The van der Waals surface area contributed by atoms with Crippen LogP contribution in [0.4, 0.5) is 5.82 Å². The van der Waals surface area contributed by atoms with Gasteiger partial charge in [-0.3, -0.25) is 9.78 Å². The Morgan fingerprint density at radius 2 is 1.91 bits per heavy atom. The molecular weight excluding hydrogens is 343 g/mol. The van der Waals surface area contributed by atoms with Gasteiger partial charge in [-0.1, -0.05) is 23.2 Å². The van der Waals surface area contributed by atoms with Gasteiger partial charge >= 0.3 is 5.97 Å². The molecule has 0 spiro atoms. The van der Waals surface area contributed by atoms with E-state index in [9.17, 15) is 9.59 Å². The van der Waals surface area contributed by atoms with Crippen molar-refractivity contribution in [2.24, 2.45) is 0 Å². The van der Waals surface area contributed by atoms with Gasteiger partial charge in [0.2, 0.25) is 0 Å². The van der Waals surface area contributed by atoms with Crippen molar-refractivity contribution in [1.82, 2.24) is 15.0 Å². The van der Waals surface area contributed by atoms with Crippen molar-refractivity contribution in [3.05, 3.63) is 45.6 Å². The predicted octanol–water partition coefficient (Wildman–Crippen LogP) is 2.59. The zero-order valence-electron chi connectivity index (χ0n) is 12.3. The number of esters is 1. The monoisotopic (exact) mass is 354 g/mol. The molecule has 0 aliphatic carbocycles. The van der Waals surface area contributed by atoms with E-state index in [1.807, 2.05) is 0 Å². The molecule has 7 nitrogen and oxygen atoms in total. The Balaban J connectivity index is 1.94. The number of aromatic nitrogens is 3. The molecule has 0 atom stereocenters. The van der Waals surface area contributed by atoms with Crippen LogP contribution in [0.3, 0.4) is 0 Å². The van der Waals surface area contributed by atoms with Crippen LogP contribution in [-0.2, 0) is 9.53 Å². The van der Waals surface area contributed by atoms with Gasteiger partial charge in [-0.15, -0.1) is 0 Å². The number of carbonyl (C=O) groups is 2. The fourth-order valence-corrected chi connectivity index (χ4v) is 1.92. The predicted molar refractivity (Wildman–Crippen MR) is 84.7 cm³/mol. The van der Waals surface area contributed by atoms with Gasteiger partial charge in [0, 0.05) is 6.20 Å². The zero-order chi connectivity index (χ0) is 17.0. The smallest absolute Gasteiger partial charge is 0.359 e. The van der Waals surface area contributed by atoms with Crippen molar-refractivity contribution >= 4 is 40.9 Å². The summed E-state index contributed by atoms with van der Waals surface area (Å²) < 4.78 is 4.85. The van der Waals surface area contributed by atoms with E-state index in [4.69, 9.17) is 27.9 Å². The third-order valence-electron chi connectivity index (χ3n) is 2.69. The molecule has 2 aromatic heterocycles. The second-order valence-electron chi connectivity index (χ2n) is 4.55. The van der Waals surface area contributed by atoms with Crippen LogP contribution in [0.1, 0.15) is 21.9 Å². The van der Waals surface area contributed by atoms with Crippen molar-refractivity contribution in [2.45, 2.75) is 13.8 Å². The lowest BCUT2D eigenvalue weighted by molar-refractivity contribution is -0.119. The Kier molecular flexibility index (Phi) is 5.46. The lowest BCUT2D eigenvalue weighted by Gasteiger charge is -2.08. The highest BCUT2D eigenvalue weighted by molar-refractivity contribution is 6.36. The number of aryl methyl sites for hydroxylation is 2. The van der Waals surface area contributed by atoms with Gasteiger partial charge in [0.15, 0.2) is 18.1 Å². The number of nitrogens with one attached hydrogen (secondary N) is 1. The van der Waals surface area contributed by atoms with Crippen LogP contribution in [0, 0.1) is 13.8 Å². The van der Waals surface area contributed by atoms with Gasteiger partial charge in [0.25, 0.3) is 5.91 Å². The van der Waals surface area contributed by atoms with E-state index in [0.717, 1.165) is 0 Å². The lowest BCUT2D eigenvalue weighted by atomic mass is 10.3. The molecule has 1 N–H and O–H groups in total. The fraction of sp³-hybridized carbons (Fsp3) is 0.214. The molecule has 2 aromatic rings. The Hall–Kier alpha value is -2.25. The quantitative estimate of drug-likeness (QED) is 0.848. The SMILES string of the molecule is Cc1cnc(C(=O)OCC(=O)Nc2nc(C)c(Cl)cc2Cl)cn1. The van der Waals surface area contributed by atoms with E-state index in [2.05, 4.69) is 20.3 Å². The molecule has 2 rings (SSSR count). The highest BCUT2D eigenvalue weighted by atomic mass is 35.5. The summed E-state index contributed by atoms with van der Waals surface area (Å²) in [6, 6.07) is 1.47. The minimum absolute atomic E-state index is 0.0156. The molecule has 0 bridgehead atoms. The normalized spacial score (nSPS) is 10.3. The molecule has 0 radical (unpaired) electrons. The number of nitrogens with zero attached hydrogens (tertiary/aromatic N) is 3. The molecular formula is C14H12Cl2N4O3. The first kappa shape index (κ1) is 17.1. The second-order valence-corrected chi connectivity index (χ2v) is 5.37. The largest absolute Gasteiger partial charge is 0.451 e. The fourth-order valence-electron chi connectivity index (χ4n) is 1.52. The van der Waals surface area contributed by atoms with Crippen LogP contribution in [0.25, 0.3) is 0 Å². The van der Waals surface area contributed by atoms with Gasteiger partial charge in [-0.05, 0) is 19.9 Å². The Morgan fingerprint density at radius 1 is 1.17 bits per heavy atom. The Bertz CT molecular complexity index is 750. The zero-order valence-corrected chi connectivity index (χ0v) is 13.8.